The minimum Gasteiger partial charge on any atom is -0.390 e. The van der Waals surface area contributed by atoms with Crippen LogP contribution in [0.2, 0.25) is 0 Å². The van der Waals surface area contributed by atoms with Crippen molar-refractivity contribution in [3.63, 3.8) is 0 Å². The third-order valence-electron chi connectivity index (χ3n) is 5.02. The molecule has 3 rings (SSSR count). The van der Waals surface area contributed by atoms with Crippen molar-refractivity contribution in [1.82, 2.24) is 5.32 Å². The lowest BCUT2D eigenvalue weighted by molar-refractivity contribution is -0.117. The lowest BCUT2D eigenvalue weighted by Gasteiger charge is -2.18. The van der Waals surface area contributed by atoms with Crippen LogP contribution in [0.1, 0.15) is 48.2 Å². The minimum atomic E-state index is -0.734. The molecule has 1 fully saturated rings. The number of rotatable bonds is 6. The maximum Gasteiger partial charge on any atom is 0.251 e. The number of aliphatic hydroxyl groups is 1. The third-order valence-corrected chi connectivity index (χ3v) is 5.02. The summed E-state index contributed by atoms with van der Waals surface area (Å²) >= 11 is 0. The fourth-order valence-electron chi connectivity index (χ4n) is 3.37. The highest BCUT2D eigenvalue weighted by atomic mass is 16.3. The number of benzene rings is 2. The van der Waals surface area contributed by atoms with Gasteiger partial charge in [0.25, 0.3) is 5.91 Å². The first-order valence-corrected chi connectivity index (χ1v) is 9.70. The SMILES string of the molecule is Cc1ccc(N2C[C@H](NC(=O)c3cccc(CCC(C)(C)O)c3)CC2=O)cc1. The second-order valence-electron chi connectivity index (χ2n) is 8.23. The molecule has 1 atom stereocenters. The van der Waals surface area contributed by atoms with Gasteiger partial charge >= 0.3 is 0 Å². The molecule has 2 N–H and O–H groups in total. The Kier molecular flexibility index (Phi) is 5.84. The van der Waals surface area contributed by atoms with Gasteiger partial charge in [0.2, 0.25) is 5.91 Å². The summed E-state index contributed by atoms with van der Waals surface area (Å²) in [5.74, 6) is -0.151. The Bertz CT molecular complexity index is 853. The molecule has 2 aromatic carbocycles. The van der Waals surface area contributed by atoms with Crippen LogP contribution in [0.4, 0.5) is 5.69 Å². The van der Waals surface area contributed by atoms with Crippen LogP contribution in [-0.2, 0) is 11.2 Å². The topological polar surface area (TPSA) is 69.6 Å². The third kappa shape index (κ3) is 5.20. The molecule has 0 saturated carbocycles. The Labute approximate surface area is 166 Å². The molecule has 1 saturated heterocycles. The van der Waals surface area contributed by atoms with Gasteiger partial charge in [-0.15, -0.1) is 0 Å². The Morgan fingerprint density at radius 3 is 2.61 bits per heavy atom. The fraction of sp³-hybridized carbons (Fsp3) is 0.391. The highest BCUT2D eigenvalue weighted by Crippen LogP contribution is 2.22. The lowest BCUT2D eigenvalue weighted by Crippen LogP contribution is -2.37. The molecule has 1 heterocycles. The van der Waals surface area contributed by atoms with E-state index in [0.29, 0.717) is 31.4 Å². The Hall–Kier alpha value is -2.66. The molecular weight excluding hydrogens is 352 g/mol. The molecule has 2 amide bonds. The highest BCUT2D eigenvalue weighted by Gasteiger charge is 2.31. The number of amides is 2. The van der Waals surface area contributed by atoms with Gasteiger partial charge in [-0.1, -0.05) is 29.8 Å². The molecule has 5 nitrogen and oxygen atoms in total. The van der Waals surface area contributed by atoms with Gasteiger partial charge in [0.05, 0.1) is 11.6 Å². The van der Waals surface area contributed by atoms with Gasteiger partial charge in [-0.2, -0.15) is 0 Å². The van der Waals surface area contributed by atoms with Crippen molar-refractivity contribution in [2.24, 2.45) is 0 Å². The van der Waals surface area contributed by atoms with Crippen LogP contribution in [0.5, 0.6) is 0 Å². The number of hydrogen-bond donors (Lipinski definition) is 2. The van der Waals surface area contributed by atoms with E-state index in [2.05, 4.69) is 5.32 Å². The zero-order valence-corrected chi connectivity index (χ0v) is 16.7. The Morgan fingerprint density at radius 2 is 1.93 bits per heavy atom. The molecule has 5 heteroatoms. The van der Waals surface area contributed by atoms with Gasteiger partial charge in [-0.05, 0) is 63.4 Å². The molecule has 2 aromatic rings. The van der Waals surface area contributed by atoms with Crippen molar-refractivity contribution >= 4 is 17.5 Å². The van der Waals surface area contributed by atoms with Gasteiger partial charge in [0, 0.05) is 24.2 Å². The molecule has 1 aliphatic rings. The molecule has 28 heavy (non-hydrogen) atoms. The average molecular weight is 380 g/mol. The smallest absolute Gasteiger partial charge is 0.251 e. The maximum atomic E-state index is 12.7. The van der Waals surface area contributed by atoms with E-state index in [1.54, 1.807) is 24.8 Å². The first-order chi connectivity index (χ1) is 13.2. The van der Waals surface area contributed by atoms with E-state index in [1.165, 1.54) is 0 Å². The normalized spacial score (nSPS) is 17.1. The van der Waals surface area contributed by atoms with Crippen molar-refractivity contribution in [3.8, 4) is 0 Å². The molecule has 0 aromatic heterocycles. The fourth-order valence-corrected chi connectivity index (χ4v) is 3.37. The number of nitrogens with one attached hydrogen (secondary N) is 1. The molecule has 1 aliphatic heterocycles. The summed E-state index contributed by atoms with van der Waals surface area (Å²) in [7, 11) is 0. The maximum absolute atomic E-state index is 12.7. The zero-order valence-electron chi connectivity index (χ0n) is 16.7. The van der Waals surface area contributed by atoms with Crippen molar-refractivity contribution in [3.05, 3.63) is 65.2 Å². The molecule has 0 aliphatic carbocycles. The first kappa shape index (κ1) is 20.1. The van der Waals surface area contributed by atoms with E-state index in [1.807, 2.05) is 49.4 Å². The van der Waals surface area contributed by atoms with E-state index < -0.39 is 5.60 Å². The molecule has 0 spiro atoms. The number of anilines is 1. The van der Waals surface area contributed by atoms with Crippen LogP contribution in [0.3, 0.4) is 0 Å². The molecule has 148 valence electrons. The van der Waals surface area contributed by atoms with E-state index in [4.69, 9.17) is 0 Å². The zero-order chi connectivity index (χ0) is 20.3. The van der Waals surface area contributed by atoms with E-state index in [0.717, 1.165) is 16.8 Å². The van der Waals surface area contributed by atoms with Crippen LogP contribution in [0.15, 0.2) is 48.5 Å². The van der Waals surface area contributed by atoms with Crippen molar-refractivity contribution in [1.29, 1.82) is 0 Å². The number of aryl methyl sites for hydroxylation is 2. The lowest BCUT2D eigenvalue weighted by atomic mass is 9.98. The van der Waals surface area contributed by atoms with Crippen LogP contribution in [-0.4, -0.2) is 35.1 Å². The van der Waals surface area contributed by atoms with Crippen LogP contribution in [0.25, 0.3) is 0 Å². The van der Waals surface area contributed by atoms with Gasteiger partial charge in [0.1, 0.15) is 0 Å². The van der Waals surface area contributed by atoms with E-state index in [9.17, 15) is 14.7 Å². The standard InChI is InChI=1S/C23H28N2O3/c1-16-7-9-20(10-8-16)25-15-19(14-21(25)26)24-22(27)18-6-4-5-17(13-18)11-12-23(2,3)28/h4-10,13,19,28H,11-12,14-15H2,1-3H3,(H,24,27)/t19-/m1/s1. The Balaban J connectivity index is 1.62. The van der Waals surface area contributed by atoms with Crippen molar-refractivity contribution in [2.45, 2.75) is 51.7 Å². The Morgan fingerprint density at radius 1 is 1.21 bits per heavy atom. The van der Waals surface area contributed by atoms with Gasteiger partial charge in [-0.25, -0.2) is 0 Å². The molecular formula is C23H28N2O3. The van der Waals surface area contributed by atoms with E-state index >= 15 is 0 Å². The van der Waals surface area contributed by atoms with Gasteiger partial charge in [-0.3, -0.25) is 9.59 Å². The van der Waals surface area contributed by atoms with Crippen molar-refractivity contribution in [2.75, 3.05) is 11.4 Å². The minimum absolute atomic E-state index is 0.0214. The summed E-state index contributed by atoms with van der Waals surface area (Å²) < 4.78 is 0. The monoisotopic (exact) mass is 380 g/mol. The van der Waals surface area contributed by atoms with Gasteiger partial charge in [0.15, 0.2) is 0 Å². The van der Waals surface area contributed by atoms with Crippen LogP contribution in [0, 0.1) is 6.92 Å². The second kappa shape index (κ2) is 8.15. The summed E-state index contributed by atoms with van der Waals surface area (Å²) in [5, 5.41) is 12.9. The number of hydrogen-bond acceptors (Lipinski definition) is 3. The average Bonchev–Trinajstić information content (AvgIpc) is 3.00. The summed E-state index contributed by atoms with van der Waals surface area (Å²) in [6, 6.07) is 15.1. The first-order valence-electron chi connectivity index (χ1n) is 9.70. The van der Waals surface area contributed by atoms with Crippen molar-refractivity contribution < 1.29 is 14.7 Å². The van der Waals surface area contributed by atoms with Crippen LogP contribution >= 0.6 is 0 Å². The summed E-state index contributed by atoms with van der Waals surface area (Å²) in [6.45, 7) is 6.04. The predicted octanol–water partition coefficient (Wildman–Crippen LogP) is 3.23. The highest BCUT2D eigenvalue weighted by molar-refractivity contribution is 5.99. The number of nitrogens with zero attached hydrogens (tertiary/aromatic N) is 1. The van der Waals surface area contributed by atoms with Gasteiger partial charge < -0.3 is 15.3 Å². The van der Waals surface area contributed by atoms with E-state index in [-0.39, 0.29) is 17.9 Å². The summed E-state index contributed by atoms with van der Waals surface area (Å²) in [4.78, 5) is 26.8. The summed E-state index contributed by atoms with van der Waals surface area (Å²) in [6.07, 6.45) is 1.63. The molecule has 0 bridgehead atoms. The van der Waals surface area contributed by atoms with Crippen LogP contribution < -0.4 is 10.2 Å². The molecule has 0 radical (unpaired) electrons. The molecule has 0 unspecified atom stereocenters. The number of carbonyl (C=O) groups is 2. The number of carbonyl (C=O) groups excluding carboxylic acids is 2. The quantitative estimate of drug-likeness (QED) is 0.808. The summed E-state index contributed by atoms with van der Waals surface area (Å²) in [5.41, 5.74) is 2.86. The largest absolute Gasteiger partial charge is 0.390 e. The predicted molar refractivity (Wildman–Crippen MR) is 110 cm³/mol. The second-order valence-corrected chi connectivity index (χ2v) is 8.23.